The van der Waals surface area contributed by atoms with Crippen molar-refractivity contribution in [3.63, 3.8) is 0 Å². The topological polar surface area (TPSA) is 83.7 Å². The first kappa shape index (κ1) is 15.6. The second-order valence-electron chi connectivity index (χ2n) is 4.42. The Morgan fingerprint density at radius 2 is 2.20 bits per heavy atom. The molecule has 0 aromatic heterocycles. The third-order valence-corrected chi connectivity index (χ3v) is 2.75. The summed E-state index contributed by atoms with van der Waals surface area (Å²) >= 11 is 0. The first-order chi connectivity index (χ1) is 9.29. The van der Waals surface area contributed by atoms with Gasteiger partial charge in [-0.25, -0.2) is 9.18 Å². The summed E-state index contributed by atoms with van der Waals surface area (Å²) in [5.74, 6) is -2.60. The molecule has 7 heteroatoms. The minimum absolute atomic E-state index is 0.0590. The highest BCUT2D eigenvalue weighted by Crippen LogP contribution is 2.32. The van der Waals surface area contributed by atoms with Crippen molar-refractivity contribution in [1.82, 2.24) is 0 Å². The van der Waals surface area contributed by atoms with Crippen LogP contribution in [0.2, 0.25) is 0 Å². The van der Waals surface area contributed by atoms with Crippen LogP contribution in [0.5, 0.6) is 0 Å². The minimum atomic E-state index is -1.47. The number of carboxylic acid groups (broad SMARTS) is 1. The molecule has 1 aromatic rings. The molecule has 0 unspecified atom stereocenters. The van der Waals surface area contributed by atoms with E-state index in [-0.39, 0.29) is 18.3 Å². The Balaban J connectivity index is 3.54. The number of nitrogens with zero attached hydrogens (tertiary/aromatic N) is 2. The van der Waals surface area contributed by atoms with Crippen LogP contribution in [0.3, 0.4) is 0 Å². The lowest BCUT2D eigenvalue weighted by molar-refractivity contribution is -0.384. The standard InChI is InChI=1S/C13H15FN2O4/c1-4-5-15(8(2)3)11-6-9(13(17)18)10(14)7-12(11)16(19)20/h4,6-8H,1,5H2,2-3H3,(H,17,18). The van der Waals surface area contributed by atoms with E-state index < -0.39 is 28.0 Å². The highest BCUT2D eigenvalue weighted by molar-refractivity contribution is 5.90. The molecule has 0 saturated carbocycles. The third-order valence-electron chi connectivity index (χ3n) is 2.75. The Morgan fingerprint density at radius 1 is 1.60 bits per heavy atom. The summed E-state index contributed by atoms with van der Waals surface area (Å²) < 4.78 is 13.6. The number of rotatable bonds is 6. The molecule has 6 nitrogen and oxygen atoms in total. The van der Waals surface area contributed by atoms with Gasteiger partial charge in [-0.15, -0.1) is 6.58 Å². The zero-order chi connectivity index (χ0) is 15.4. The average Bonchev–Trinajstić information content (AvgIpc) is 2.35. The van der Waals surface area contributed by atoms with Gasteiger partial charge in [0.25, 0.3) is 5.69 Å². The summed E-state index contributed by atoms with van der Waals surface area (Å²) in [5, 5.41) is 19.9. The SMILES string of the molecule is C=CCN(c1cc(C(=O)O)c(F)cc1[N+](=O)[O-])C(C)C. The van der Waals surface area contributed by atoms with Crippen molar-refractivity contribution in [2.24, 2.45) is 0 Å². The van der Waals surface area contributed by atoms with Gasteiger partial charge in [-0.3, -0.25) is 10.1 Å². The molecule has 0 bridgehead atoms. The van der Waals surface area contributed by atoms with E-state index in [4.69, 9.17) is 5.11 Å². The maximum absolute atomic E-state index is 13.6. The predicted octanol–water partition coefficient (Wildman–Crippen LogP) is 2.83. The van der Waals surface area contributed by atoms with Crippen molar-refractivity contribution >= 4 is 17.3 Å². The minimum Gasteiger partial charge on any atom is -0.478 e. The van der Waals surface area contributed by atoms with Gasteiger partial charge in [0.15, 0.2) is 0 Å². The fourth-order valence-electron chi connectivity index (χ4n) is 1.82. The molecular weight excluding hydrogens is 267 g/mol. The van der Waals surface area contributed by atoms with E-state index in [0.717, 1.165) is 6.07 Å². The van der Waals surface area contributed by atoms with Gasteiger partial charge < -0.3 is 10.0 Å². The van der Waals surface area contributed by atoms with Crippen molar-refractivity contribution in [2.45, 2.75) is 19.9 Å². The zero-order valence-corrected chi connectivity index (χ0v) is 11.2. The molecule has 0 aliphatic heterocycles. The Kier molecular flexibility index (Phi) is 4.79. The van der Waals surface area contributed by atoms with E-state index in [9.17, 15) is 19.3 Å². The van der Waals surface area contributed by atoms with Crippen molar-refractivity contribution in [2.75, 3.05) is 11.4 Å². The van der Waals surface area contributed by atoms with E-state index in [2.05, 4.69) is 6.58 Å². The first-order valence-corrected chi connectivity index (χ1v) is 5.88. The number of hydrogen-bond acceptors (Lipinski definition) is 4. The molecule has 1 rings (SSSR count). The van der Waals surface area contributed by atoms with E-state index >= 15 is 0 Å². The number of hydrogen-bond donors (Lipinski definition) is 1. The lowest BCUT2D eigenvalue weighted by Gasteiger charge is -2.27. The van der Waals surface area contributed by atoms with Crippen molar-refractivity contribution in [1.29, 1.82) is 0 Å². The van der Waals surface area contributed by atoms with Crippen LogP contribution in [0, 0.1) is 15.9 Å². The van der Waals surface area contributed by atoms with Gasteiger partial charge in [0.2, 0.25) is 0 Å². The third kappa shape index (κ3) is 3.11. The van der Waals surface area contributed by atoms with Crippen LogP contribution in [0.4, 0.5) is 15.8 Å². The lowest BCUT2D eigenvalue weighted by Crippen LogP contribution is -2.31. The average molecular weight is 282 g/mol. The highest BCUT2D eigenvalue weighted by atomic mass is 19.1. The second-order valence-corrected chi connectivity index (χ2v) is 4.42. The fraction of sp³-hybridized carbons (Fsp3) is 0.308. The predicted molar refractivity (Wildman–Crippen MR) is 72.7 cm³/mol. The number of carboxylic acids is 1. The molecular formula is C13H15FN2O4. The van der Waals surface area contributed by atoms with E-state index in [1.165, 1.54) is 6.08 Å². The lowest BCUT2D eigenvalue weighted by atomic mass is 10.1. The van der Waals surface area contributed by atoms with Crippen LogP contribution < -0.4 is 4.90 Å². The van der Waals surface area contributed by atoms with Crippen molar-refractivity contribution < 1.29 is 19.2 Å². The number of nitro benzene ring substituents is 1. The van der Waals surface area contributed by atoms with Crippen LogP contribution >= 0.6 is 0 Å². The van der Waals surface area contributed by atoms with E-state index in [1.807, 2.05) is 0 Å². The van der Waals surface area contributed by atoms with Gasteiger partial charge in [-0.2, -0.15) is 0 Å². The normalized spacial score (nSPS) is 10.4. The smallest absolute Gasteiger partial charge is 0.338 e. The monoisotopic (exact) mass is 282 g/mol. The quantitative estimate of drug-likeness (QED) is 0.492. The molecule has 0 amide bonds. The summed E-state index contributed by atoms with van der Waals surface area (Å²) in [6, 6.07) is 1.48. The Bertz CT molecular complexity index is 558. The van der Waals surface area contributed by atoms with Crippen LogP contribution in [-0.2, 0) is 0 Å². The molecule has 0 fully saturated rings. The second kappa shape index (κ2) is 6.14. The zero-order valence-electron chi connectivity index (χ0n) is 11.2. The Labute approximate surface area is 115 Å². The Hall–Kier alpha value is -2.44. The number of benzene rings is 1. The number of carbonyl (C=O) groups is 1. The van der Waals surface area contributed by atoms with Crippen molar-refractivity contribution in [3.05, 3.63) is 46.3 Å². The number of anilines is 1. The molecule has 1 N–H and O–H groups in total. The molecule has 0 saturated heterocycles. The van der Waals surface area contributed by atoms with E-state index in [0.29, 0.717) is 6.07 Å². The molecule has 0 heterocycles. The highest BCUT2D eigenvalue weighted by Gasteiger charge is 2.26. The summed E-state index contributed by atoms with van der Waals surface area (Å²) in [7, 11) is 0. The maximum atomic E-state index is 13.6. The fourth-order valence-corrected chi connectivity index (χ4v) is 1.82. The summed E-state index contributed by atoms with van der Waals surface area (Å²) in [5.41, 5.74) is -1.01. The van der Waals surface area contributed by atoms with Gasteiger partial charge in [0.05, 0.1) is 16.6 Å². The summed E-state index contributed by atoms with van der Waals surface area (Å²) in [6.45, 7) is 7.41. The van der Waals surface area contributed by atoms with E-state index in [1.54, 1.807) is 18.7 Å². The molecule has 0 aliphatic carbocycles. The van der Waals surface area contributed by atoms with Gasteiger partial charge in [0, 0.05) is 12.6 Å². The largest absolute Gasteiger partial charge is 0.478 e. The van der Waals surface area contributed by atoms with Gasteiger partial charge in [0.1, 0.15) is 11.5 Å². The number of aromatic carboxylic acids is 1. The first-order valence-electron chi connectivity index (χ1n) is 5.88. The molecule has 0 aliphatic rings. The molecule has 108 valence electrons. The van der Waals surface area contributed by atoms with Crippen LogP contribution in [0.1, 0.15) is 24.2 Å². The van der Waals surface area contributed by atoms with Gasteiger partial charge in [-0.1, -0.05) is 6.08 Å². The summed E-state index contributed by atoms with van der Waals surface area (Å²) in [4.78, 5) is 22.8. The van der Waals surface area contributed by atoms with Gasteiger partial charge in [-0.05, 0) is 19.9 Å². The number of nitro groups is 1. The van der Waals surface area contributed by atoms with Crippen LogP contribution in [0.15, 0.2) is 24.8 Å². The maximum Gasteiger partial charge on any atom is 0.338 e. The van der Waals surface area contributed by atoms with Crippen molar-refractivity contribution in [3.8, 4) is 0 Å². The Morgan fingerprint density at radius 3 is 2.60 bits per heavy atom. The van der Waals surface area contributed by atoms with Crippen LogP contribution in [-0.4, -0.2) is 28.6 Å². The molecule has 0 atom stereocenters. The molecule has 20 heavy (non-hydrogen) atoms. The summed E-state index contributed by atoms with van der Waals surface area (Å²) in [6.07, 6.45) is 1.54. The molecule has 1 aromatic carbocycles. The molecule has 0 spiro atoms. The van der Waals surface area contributed by atoms with Gasteiger partial charge >= 0.3 is 5.97 Å². The molecule has 0 radical (unpaired) electrons. The van der Waals surface area contributed by atoms with Crippen LogP contribution in [0.25, 0.3) is 0 Å². The number of halogens is 1.